The second kappa shape index (κ2) is 3.91. The summed E-state index contributed by atoms with van der Waals surface area (Å²) in [5.41, 5.74) is 0.681. The second-order valence-electron chi connectivity index (χ2n) is 2.91. The van der Waals surface area contributed by atoms with Crippen molar-refractivity contribution in [1.82, 2.24) is 10.2 Å². The molecule has 1 N–H and O–H groups in total. The lowest BCUT2D eigenvalue weighted by molar-refractivity contribution is -0.139. The Morgan fingerprint density at radius 1 is 1.40 bits per heavy atom. The topological polar surface area (TPSA) is 72.3 Å². The van der Waals surface area contributed by atoms with E-state index >= 15 is 0 Å². The molecule has 0 fully saturated rings. The van der Waals surface area contributed by atoms with E-state index in [0.717, 1.165) is 5.39 Å². The standard InChI is InChI=1S/C10H8N2O3/c13-10(14)6-15-9-5-11-12-8-4-2-1-3-7(8)9/h1-5H,6H2,(H,13,14). The van der Waals surface area contributed by atoms with Gasteiger partial charge in [-0.25, -0.2) is 4.79 Å². The second-order valence-corrected chi connectivity index (χ2v) is 2.91. The van der Waals surface area contributed by atoms with Crippen LogP contribution in [0.15, 0.2) is 30.5 Å². The first-order valence-electron chi connectivity index (χ1n) is 4.32. The molecular formula is C10H8N2O3. The number of rotatable bonds is 3. The number of fused-ring (bicyclic) bond motifs is 1. The maximum Gasteiger partial charge on any atom is 0.341 e. The lowest BCUT2D eigenvalue weighted by atomic mass is 10.2. The zero-order chi connectivity index (χ0) is 10.7. The molecule has 0 aliphatic heterocycles. The Kier molecular flexibility index (Phi) is 2.45. The summed E-state index contributed by atoms with van der Waals surface area (Å²) in [7, 11) is 0. The number of aliphatic carboxylic acids is 1. The number of carboxylic acid groups (broad SMARTS) is 1. The predicted octanol–water partition coefficient (Wildman–Crippen LogP) is 1.09. The summed E-state index contributed by atoms with van der Waals surface area (Å²) in [5, 5.41) is 16.9. The summed E-state index contributed by atoms with van der Waals surface area (Å²) in [6.07, 6.45) is 1.41. The van der Waals surface area contributed by atoms with Crippen LogP contribution in [0.3, 0.4) is 0 Å². The lowest BCUT2D eigenvalue weighted by Crippen LogP contribution is -2.09. The normalized spacial score (nSPS) is 10.1. The molecule has 0 aliphatic rings. The van der Waals surface area contributed by atoms with E-state index in [1.54, 1.807) is 12.1 Å². The molecule has 1 aromatic carbocycles. The van der Waals surface area contributed by atoms with E-state index in [1.165, 1.54) is 6.20 Å². The Morgan fingerprint density at radius 3 is 3.00 bits per heavy atom. The minimum absolute atomic E-state index is 0.379. The van der Waals surface area contributed by atoms with Gasteiger partial charge >= 0.3 is 5.97 Å². The molecule has 0 unspecified atom stereocenters. The molecule has 0 radical (unpaired) electrons. The lowest BCUT2D eigenvalue weighted by Gasteiger charge is -2.04. The average Bonchev–Trinajstić information content (AvgIpc) is 2.26. The van der Waals surface area contributed by atoms with Crippen LogP contribution in [0.5, 0.6) is 5.75 Å². The fourth-order valence-electron chi connectivity index (χ4n) is 1.24. The molecule has 0 atom stereocenters. The molecule has 2 aromatic rings. The van der Waals surface area contributed by atoms with Crippen molar-refractivity contribution in [2.45, 2.75) is 0 Å². The van der Waals surface area contributed by atoms with Crippen LogP contribution in [0.1, 0.15) is 0 Å². The van der Waals surface area contributed by atoms with Crippen LogP contribution in [-0.4, -0.2) is 27.9 Å². The van der Waals surface area contributed by atoms with Gasteiger partial charge < -0.3 is 9.84 Å². The smallest absolute Gasteiger partial charge is 0.341 e. The molecule has 0 bridgehead atoms. The molecule has 0 saturated carbocycles. The van der Waals surface area contributed by atoms with Crippen LogP contribution in [0, 0.1) is 0 Å². The Hall–Kier alpha value is -2.17. The summed E-state index contributed by atoms with van der Waals surface area (Å²) >= 11 is 0. The van der Waals surface area contributed by atoms with Crippen molar-refractivity contribution in [3.05, 3.63) is 30.5 Å². The van der Waals surface area contributed by atoms with Crippen molar-refractivity contribution in [3.63, 3.8) is 0 Å². The molecule has 0 amide bonds. The van der Waals surface area contributed by atoms with Crippen LogP contribution >= 0.6 is 0 Å². The fraction of sp³-hybridized carbons (Fsp3) is 0.100. The van der Waals surface area contributed by atoms with Crippen molar-refractivity contribution in [2.24, 2.45) is 0 Å². The molecule has 5 nitrogen and oxygen atoms in total. The van der Waals surface area contributed by atoms with Gasteiger partial charge in [-0.15, -0.1) is 0 Å². The Bertz CT molecular complexity index is 493. The van der Waals surface area contributed by atoms with Crippen LogP contribution < -0.4 is 4.74 Å². The highest BCUT2D eigenvalue weighted by Gasteiger charge is 2.04. The average molecular weight is 204 g/mol. The largest absolute Gasteiger partial charge is 0.480 e. The molecule has 5 heteroatoms. The minimum atomic E-state index is -1.02. The SMILES string of the molecule is O=C(O)COc1cnnc2ccccc12. The molecule has 0 spiro atoms. The van der Waals surface area contributed by atoms with Crippen LogP contribution in [-0.2, 0) is 4.79 Å². The van der Waals surface area contributed by atoms with E-state index in [4.69, 9.17) is 9.84 Å². The zero-order valence-electron chi connectivity index (χ0n) is 7.75. The van der Waals surface area contributed by atoms with Gasteiger partial charge in [-0.05, 0) is 12.1 Å². The number of nitrogens with zero attached hydrogens (tertiary/aromatic N) is 2. The maximum atomic E-state index is 10.3. The highest BCUT2D eigenvalue weighted by atomic mass is 16.5. The first-order chi connectivity index (χ1) is 7.27. The van der Waals surface area contributed by atoms with Crippen LogP contribution in [0.25, 0.3) is 10.9 Å². The zero-order valence-corrected chi connectivity index (χ0v) is 7.75. The van der Waals surface area contributed by atoms with Gasteiger partial charge in [-0.3, -0.25) is 0 Å². The summed E-state index contributed by atoms with van der Waals surface area (Å²) in [6, 6.07) is 7.26. The third-order valence-electron chi connectivity index (χ3n) is 1.86. The Morgan fingerprint density at radius 2 is 2.20 bits per heavy atom. The number of hydrogen-bond donors (Lipinski definition) is 1. The molecule has 0 saturated heterocycles. The van der Waals surface area contributed by atoms with Gasteiger partial charge in [0, 0.05) is 5.39 Å². The number of aromatic nitrogens is 2. The monoisotopic (exact) mass is 204 g/mol. The number of benzene rings is 1. The third-order valence-corrected chi connectivity index (χ3v) is 1.86. The predicted molar refractivity (Wildman–Crippen MR) is 52.7 cm³/mol. The van der Waals surface area contributed by atoms with E-state index in [2.05, 4.69) is 10.2 Å². The molecule has 1 heterocycles. The fourth-order valence-corrected chi connectivity index (χ4v) is 1.24. The molecule has 15 heavy (non-hydrogen) atoms. The van der Waals surface area contributed by atoms with Gasteiger partial charge in [0.05, 0.1) is 11.7 Å². The first-order valence-corrected chi connectivity index (χ1v) is 4.32. The summed E-state index contributed by atoms with van der Waals surface area (Å²) in [6.45, 7) is -0.379. The van der Waals surface area contributed by atoms with Crippen LogP contribution in [0.4, 0.5) is 0 Å². The van der Waals surface area contributed by atoms with E-state index in [9.17, 15) is 4.79 Å². The van der Waals surface area contributed by atoms with Gasteiger partial charge in [0.25, 0.3) is 0 Å². The quantitative estimate of drug-likeness (QED) is 0.810. The Balaban J connectivity index is 2.38. The minimum Gasteiger partial charge on any atom is -0.480 e. The van der Waals surface area contributed by atoms with Crippen molar-refractivity contribution in [3.8, 4) is 5.75 Å². The summed E-state index contributed by atoms with van der Waals surface area (Å²) in [4.78, 5) is 10.3. The Labute approximate surface area is 85.3 Å². The number of hydrogen-bond acceptors (Lipinski definition) is 4. The van der Waals surface area contributed by atoms with E-state index in [1.807, 2.05) is 12.1 Å². The van der Waals surface area contributed by atoms with Gasteiger partial charge in [0.1, 0.15) is 5.75 Å². The van der Waals surface area contributed by atoms with Gasteiger partial charge in [0.2, 0.25) is 0 Å². The van der Waals surface area contributed by atoms with E-state index in [0.29, 0.717) is 11.3 Å². The molecule has 2 rings (SSSR count). The number of carbonyl (C=O) groups is 1. The summed E-state index contributed by atoms with van der Waals surface area (Å²) in [5.74, 6) is -0.584. The highest BCUT2D eigenvalue weighted by Crippen LogP contribution is 2.21. The van der Waals surface area contributed by atoms with Gasteiger partial charge in [-0.1, -0.05) is 12.1 Å². The molecule has 76 valence electrons. The van der Waals surface area contributed by atoms with E-state index < -0.39 is 5.97 Å². The third kappa shape index (κ3) is 2.01. The van der Waals surface area contributed by atoms with Crippen LogP contribution in [0.2, 0.25) is 0 Å². The van der Waals surface area contributed by atoms with Crippen molar-refractivity contribution in [1.29, 1.82) is 0 Å². The van der Waals surface area contributed by atoms with Gasteiger partial charge in [-0.2, -0.15) is 10.2 Å². The summed E-state index contributed by atoms with van der Waals surface area (Å²) < 4.78 is 5.08. The maximum absolute atomic E-state index is 10.3. The number of carboxylic acids is 1. The first kappa shape index (κ1) is 9.39. The molecule has 0 aliphatic carbocycles. The van der Waals surface area contributed by atoms with Crippen molar-refractivity contribution >= 4 is 16.9 Å². The van der Waals surface area contributed by atoms with Crippen molar-refractivity contribution in [2.75, 3.05) is 6.61 Å². The van der Waals surface area contributed by atoms with Gasteiger partial charge in [0.15, 0.2) is 6.61 Å². The molecular weight excluding hydrogens is 196 g/mol. The number of ether oxygens (including phenoxy) is 1. The highest BCUT2D eigenvalue weighted by molar-refractivity contribution is 5.84. The van der Waals surface area contributed by atoms with E-state index in [-0.39, 0.29) is 6.61 Å². The molecule has 1 aromatic heterocycles. The van der Waals surface area contributed by atoms with Crippen molar-refractivity contribution < 1.29 is 14.6 Å².